The van der Waals surface area contributed by atoms with E-state index in [-0.39, 0.29) is 5.97 Å². The zero-order chi connectivity index (χ0) is 16.8. The minimum absolute atomic E-state index is 0.357. The summed E-state index contributed by atoms with van der Waals surface area (Å²) < 4.78 is 6.80. The minimum atomic E-state index is -0.357. The summed E-state index contributed by atoms with van der Waals surface area (Å²) in [5.74, 6) is -0.357. The van der Waals surface area contributed by atoms with Gasteiger partial charge in [-0.25, -0.2) is 4.79 Å². The average Bonchev–Trinajstić information content (AvgIpc) is 3.01. The fourth-order valence-corrected chi connectivity index (χ4v) is 2.50. The molecule has 4 heteroatoms. The van der Waals surface area contributed by atoms with Crippen molar-refractivity contribution in [1.82, 2.24) is 4.57 Å². The molecule has 2 aromatic carbocycles. The van der Waals surface area contributed by atoms with Gasteiger partial charge in [0.1, 0.15) is 5.69 Å². The summed E-state index contributed by atoms with van der Waals surface area (Å²) in [6.45, 7) is 4.47. The predicted molar refractivity (Wildman–Crippen MR) is 93.9 cm³/mol. The van der Waals surface area contributed by atoms with E-state index in [2.05, 4.69) is 0 Å². The van der Waals surface area contributed by atoms with Gasteiger partial charge < -0.3 is 15.0 Å². The number of benzene rings is 2. The average molecular weight is 310 g/mol. The van der Waals surface area contributed by atoms with Crippen LogP contribution in [0, 0.1) is 0 Å². The molecule has 0 bridgehead atoms. The Morgan fingerprint density at radius 3 is 2.39 bits per heavy atom. The fourth-order valence-electron chi connectivity index (χ4n) is 2.50. The number of carbonyl (C=O) groups is 1. The van der Waals surface area contributed by atoms with E-state index in [4.69, 9.17) is 10.5 Å². The molecule has 4 nitrogen and oxygen atoms in total. The van der Waals surface area contributed by atoms with Crippen molar-refractivity contribution in [3.63, 3.8) is 0 Å². The second-order valence-electron chi connectivity index (χ2n) is 4.79. The van der Waals surface area contributed by atoms with Crippen LogP contribution in [0.5, 0.6) is 0 Å². The summed E-state index contributed by atoms with van der Waals surface area (Å²) in [4.78, 5) is 12.1. The van der Waals surface area contributed by atoms with Gasteiger partial charge in [-0.2, -0.15) is 0 Å². The highest BCUT2D eigenvalue weighted by molar-refractivity contribution is 5.97. The summed E-state index contributed by atoms with van der Waals surface area (Å²) in [5, 5.41) is 0.974. The van der Waals surface area contributed by atoms with Gasteiger partial charge in [-0.3, -0.25) is 0 Å². The molecule has 0 fully saturated rings. The highest BCUT2D eigenvalue weighted by atomic mass is 16.5. The predicted octanol–water partition coefficient (Wildman–Crippen LogP) is 3.90. The van der Waals surface area contributed by atoms with Crippen LogP contribution in [-0.4, -0.2) is 17.6 Å². The molecule has 0 aliphatic heterocycles. The van der Waals surface area contributed by atoms with E-state index in [1.54, 1.807) is 0 Å². The monoisotopic (exact) mass is 310 g/mol. The Balaban J connectivity index is 0.000000924. The summed E-state index contributed by atoms with van der Waals surface area (Å²) in [6, 6.07) is 17.5. The number of hydrogen-bond donors (Lipinski definition) is 1. The molecule has 0 amide bonds. The summed E-state index contributed by atoms with van der Waals surface area (Å²) in [5.41, 5.74) is 9.10. The summed E-state index contributed by atoms with van der Waals surface area (Å²) in [6.07, 6.45) is 0. The first-order chi connectivity index (χ1) is 11.2. The minimum Gasteiger partial charge on any atom is -0.464 e. The molecule has 0 saturated carbocycles. The van der Waals surface area contributed by atoms with E-state index < -0.39 is 0 Å². The van der Waals surface area contributed by atoms with E-state index in [9.17, 15) is 4.79 Å². The van der Waals surface area contributed by atoms with Crippen molar-refractivity contribution in [3.8, 4) is 5.69 Å². The van der Waals surface area contributed by atoms with Gasteiger partial charge in [-0.15, -0.1) is 0 Å². The van der Waals surface area contributed by atoms with Gasteiger partial charge in [0.05, 0.1) is 12.6 Å². The maximum Gasteiger partial charge on any atom is 0.355 e. The Morgan fingerprint density at radius 1 is 1.09 bits per heavy atom. The molecule has 23 heavy (non-hydrogen) atoms. The van der Waals surface area contributed by atoms with Gasteiger partial charge in [0.2, 0.25) is 0 Å². The molecule has 0 spiro atoms. The molecule has 0 saturated heterocycles. The molecule has 120 valence electrons. The number of ether oxygens (including phenoxy) is 1. The number of nitrogens with zero attached hydrogens (tertiary/aromatic N) is 1. The van der Waals surface area contributed by atoms with Crippen LogP contribution in [0.15, 0.2) is 54.6 Å². The van der Waals surface area contributed by atoms with Gasteiger partial charge in [-0.05, 0) is 35.9 Å². The van der Waals surface area contributed by atoms with E-state index in [0.29, 0.717) is 12.2 Å². The normalized spacial score (nSPS) is 10.1. The number of methoxy groups -OCH3 is 1. The molecule has 2 N–H and O–H groups in total. The molecule has 3 aromatic rings. The van der Waals surface area contributed by atoms with Crippen molar-refractivity contribution >= 4 is 16.9 Å². The third-order valence-corrected chi connectivity index (χ3v) is 3.51. The number of rotatable bonds is 3. The highest BCUT2D eigenvalue weighted by Crippen LogP contribution is 2.26. The third-order valence-electron chi connectivity index (χ3n) is 3.51. The van der Waals surface area contributed by atoms with Gasteiger partial charge in [0, 0.05) is 17.6 Å². The third kappa shape index (κ3) is 3.27. The van der Waals surface area contributed by atoms with Crippen LogP contribution in [0.4, 0.5) is 0 Å². The Hall–Kier alpha value is -2.59. The fraction of sp³-hybridized carbons (Fsp3) is 0.211. The molecule has 0 unspecified atom stereocenters. The second kappa shape index (κ2) is 7.61. The van der Waals surface area contributed by atoms with Crippen LogP contribution in [0.2, 0.25) is 0 Å². The Morgan fingerprint density at radius 2 is 1.78 bits per heavy atom. The number of para-hydroxylation sites is 1. The zero-order valence-electron chi connectivity index (χ0n) is 13.7. The Labute approximate surface area is 136 Å². The first-order valence-corrected chi connectivity index (χ1v) is 7.73. The lowest BCUT2D eigenvalue weighted by Crippen LogP contribution is -2.08. The number of esters is 1. The molecule has 0 atom stereocenters. The maximum absolute atomic E-state index is 12.1. The van der Waals surface area contributed by atoms with Crippen molar-refractivity contribution in [1.29, 1.82) is 0 Å². The maximum atomic E-state index is 12.1. The van der Waals surface area contributed by atoms with E-state index in [0.717, 1.165) is 22.2 Å². The van der Waals surface area contributed by atoms with Crippen LogP contribution >= 0.6 is 0 Å². The standard InChI is InChI=1S/C17H16N2O2.C2H6/c1-21-17(20)16-10-13-9-12(11-18)7-8-15(13)19(16)14-5-3-2-4-6-14;1-2/h2-10H,11,18H2,1H3;1-2H3. The van der Waals surface area contributed by atoms with Gasteiger partial charge in [-0.1, -0.05) is 38.1 Å². The van der Waals surface area contributed by atoms with Crippen LogP contribution in [0.1, 0.15) is 29.9 Å². The molecular formula is C19H22N2O2. The van der Waals surface area contributed by atoms with Crippen LogP contribution in [0.3, 0.4) is 0 Å². The lowest BCUT2D eigenvalue weighted by Gasteiger charge is -2.09. The largest absolute Gasteiger partial charge is 0.464 e. The summed E-state index contributed by atoms with van der Waals surface area (Å²) in [7, 11) is 1.39. The van der Waals surface area contributed by atoms with Crippen molar-refractivity contribution in [2.75, 3.05) is 7.11 Å². The molecule has 3 rings (SSSR count). The van der Waals surface area contributed by atoms with E-state index >= 15 is 0 Å². The van der Waals surface area contributed by atoms with Crippen molar-refractivity contribution in [3.05, 3.63) is 65.9 Å². The molecule has 0 aliphatic rings. The topological polar surface area (TPSA) is 57.2 Å². The van der Waals surface area contributed by atoms with Gasteiger partial charge in [0.15, 0.2) is 0 Å². The molecule has 0 radical (unpaired) electrons. The van der Waals surface area contributed by atoms with Crippen LogP contribution in [-0.2, 0) is 11.3 Å². The van der Waals surface area contributed by atoms with Crippen molar-refractivity contribution < 1.29 is 9.53 Å². The Kier molecular flexibility index (Phi) is 5.55. The molecular weight excluding hydrogens is 288 g/mol. The molecule has 1 heterocycles. The highest BCUT2D eigenvalue weighted by Gasteiger charge is 2.17. The molecule has 0 aliphatic carbocycles. The van der Waals surface area contributed by atoms with Crippen molar-refractivity contribution in [2.45, 2.75) is 20.4 Å². The van der Waals surface area contributed by atoms with Crippen LogP contribution in [0.25, 0.3) is 16.6 Å². The first kappa shape index (κ1) is 16.8. The second-order valence-corrected chi connectivity index (χ2v) is 4.79. The number of hydrogen-bond acceptors (Lipinski definition) is 3. The number of nitrogens with two attached hydrogens (primary N) is 1. The zero-order valence-corrected chi connectivity index (χ0v) is 13.7. The lowest BCUT2D eigenvalue weighted by atomic mass is 10.1. The first-order valence-electron chi connectivity index (χ1n) is 7.73. The number of aromatic nitrogens is 1. The van der Waals surface area contributed by atoms with E-state index in [1.807, 2.05) is 73.0 Å². The van der Waals surface area contributed by atoms with Gasteiger partial charge >= 0.3 is 5.97 Å². The quantitative estimate of drug-likeness (QED) is 0.746. The molecule has 1 aromatic heterocycles. The summed E-state index contributed by atoms with van der Waals surface area (Å²) >= 11 is 0. The number of carbonyl (C=O) groups excluding carboxylic acids is 1. The number of fused-ring (bicyclic) bond motifs is 1. The van der Waals surface area contributed by atoms with E-state index in [1.165, 1.54) is 7.11 Å². The lowest BCUT2D eigenvalue weighted by molar-refractivity contribution is 0.0592. The smallest absolute Gasteiger partial charge is 0.355 e. The van der Waals surface area contributed by atoms with Crippen LogP contribution < -0.4 is 5.73 Å². The van der Waals surface area contributed by atoms with Gasteiger partial charge in [0.25, 0.3) is 0 Å². The van der Waals surface area contributed by atoms with Crippen molar-refractivity contribution in [2.24, 2.45) is 5.73 Å². The Bertz CT molecular complexity index is 792. The SMILES string of the molecule is CC.COC(=O)c1cc2cc(CN)ccc2n1-c1ccccc1.